The van der Waals surface area contributed by atoms with E-state index in [-0.39, 0.29) is 0 Å². The summed E-state index contributed by atoms with van der Waals surface area (Å²) in [4.78, 5) is 2.51. The molecule has 0 aromatic carbocycles. The Morgan fingerprint density at radius 2 is 1.53 bits per heavy atom. The Morgan fingerprint density at radius 3 is 2.00 bits per heavy atom. The molecule has 4 heteroatoms. The molecule has 0 amide bonds. The highest BCUT2D eigenvalue weighted by Gasteiger charge is 2.05. The monoisotopic (exact) mass is 266 g/mol. The lowest BCUT2D eigenvalue weighted by Crippen LogP contribution is -2.29. The summed E-state index contributed by atoms with van der Waals surface area (Å²) in [6.45, 7) is 7.78. The average Bonchev–Trinajstić information content (AvgIpc) is 2.92. The zero-order chi connectivity index (χ0) is 13.8. The highest BCUT2D eigenvalue weighted by molar-refractivity contribution is 4.65. The fraction of sp³-hybridized carbons (Fsp3) is 0.867. The van der Waals surface area contributed by atoms with Crippen molar-refractivity contribution in [3.8, 4) is 0 Å². The van der Waals surface area contributed by atoms with E-state index in [9.17, 15) is 0 Å². The molecule has 0 N–H and O–H groups in total. The molecule has 0 saturated heterocycles. The van der Waals surface area contributed by atoms with E-state index in [4.69, 9.17) is 0 Å². The van der Waals surface area contributed by atoms with Gasteiger partial charge in [-0.05, 0) is 25.9 Å². The molecule has 1 rings (SSSR count). The topological polar surface area (TPSA) is 34.0 Å². The number of hydrogen-bond acceptors (Lipinski definition) is 3. The molecule has 0 aliphatic heterocycles. The van der Waals surface area contributed by atoms with Gasteiger partial charge in [0.25, 0.3) is 0 Å². The summed E-state index contributed by atoms with van der Waals surface area (Å²) in [6, 6.07) is 0. The SMILES string of the molecule is CCCCCCN(CCCCCC)Cn1ccnn1. The molecule has 0 bridgehead atoms. The number of aromatic nitrogens is 3. The first kappa shape index (κ1) is 16.2. The fourth-order valence-corrected chi connectivity index (χ4v) is 2.29. The van der Waals surface area contributed by atoms with E-state index in [1.165, 1.54) is 64.5 Å². The lowest BCUT2D eigenvalue weighted by atomic mass is 10.2. The normalized spacial score (nSPS) is 11.3. The smallest absolute Gasteiger partial charge is 0.0946 e. The van der Waals surface area contributed by atoms with Gasteiger partial charge in [-0.2, -0.15) is 0 Å². The first-order valence-electron chi connectivity index (χ1n) is 7.93. The fourth-order valence-electron chi connectivity index (χ4n) is 2.29. The molecule has 19 heavy (non-hydrogen) atoms. The Hall–Kier alpha value is -0.900. The van der Waals surface area contributed by atoms with Gasteiger partial charge in [0.1, 0.15) is 0 Å². The first-order chi connectivity index (χ1) is 9.36. The van der Waals surface area contributed by atoms with Crippen LogP contribution < -0.4 is 0 Å². The van der Waals surface area contributed by atoms with E-state index in [0.717, 1.165) is 6.67 Å². The summed E-state index contributed by atoms with van der Waals surface area (Å²) in [6.07, 6.45) is 14.3. The van der Waals surface area contributed by atoms with Gasteiger partial charge >= 0.3 is 0 Å². The Morgan fingerprint density at radius 1 is 0.895 bits per heavy atom. The maximum Gasteiger partial charge on any atom is 0.0946 e. The van der Waals surface area contributed by atoms with Crippen LogP contribution in [0.25, 0.3) is 0 Å². The van der Waals surface area contributed by atoms with E-state index in [1.54, 1.807) is 6.20 Å². The van der Waals surface area contributed by atoms with Crippen molar-refractivity contribution in [2.45, 2.75) is 71.9 Å². The van der Waals surface area contributed by atoms with Gasteiger partial charge in [-0.25, -0.2) is 4.68 Å². The molecule has 4 nitrogen and oxygen atoms in total. The molecule has 0 fully saturated rings. The van der Waals surface area contributed by atoms with E-state index < -0.39 is 0 Å². The van der Waals surface area contributed by atoms with Crippen LogP contribution >= 0.6 is 0 Å². The molecule has 1 aromatic rings. The Balaban J connectivity index is 2.25. The molecule has 0 atom stereocenters. The summed E-state index contributed by atoms with van der Waals surface area (Å²) < 4.78 is 1.93. The van der Waals surface area contributed by atoms with Gasteiger partial charge in [0.2, 0.25) is 0 Å². The van der Waals surface area contributed by atoms with E-state index >= 15 is 0 Å². The molecule has 0 unspecified atom stereocenters. The standard InChI is InChI=1S/C15H30N4/c1-3-5-7-9-12-18(13-10-8-6-4-2)15-19-14-11-16-17-19/h11,14H,3-10,12-13,15H2,1-2H3. The van der Waals surface area contributed by atoms with Gasteiger partial charge in [-0.3, -0.25) is 4.90 Å². The van der Waals surface area contributed by atoms with Gasteiger partial charge in [-0.1, -0.05) is 57.6 Å². The van der Waals surface area contributed by atoms with Crippen LogP contribution in [0.4, 0.5) is 0 Å². The second kappa shape index (κ2) is 11.0. The maximum atomic E-state index is 4.07. The van der Waals surface area contributed by atoms with Crippen molar-refractivity contribution >= 4 is 0 Å². The molecule has 0 aliphatic carbocycles. The lowest BCUT2D eigenvalue weighted by molar-refractivity contribution is 0.196. The zero-order valence-electron chi connectivity index (χ0n) is 12.7. The van der Waals surface area contributed by atoms with Crippen LogP contribution in [0.3, 0.4) is 0 Å². The van der Waals surface area contributed by atoms with Gasteiger partial charge < -0.3 is 0 Å². The van der Waals surface area contributed by atoms with Crippen molar-refractivity contribution in [3.05, 3.63) is 12.4 Å². The molecule has 1 heterocycles. The van der Waals surface area contributed by atoms with Gasteiger partial charge in [-0.15, -0.1) is 5.10 Å². The molecule has 0 saturated carbocycles. The second-order valence-corrected chi connectivity index (χ2v) is 5.32. The number of nitrogens with zero attached hydrogens (tertiary/aromatic N) is 4. The predicted octanol–water partition coefficient (Wildman–Crippen LogP) is 3.70. The minimum atomic E-state index is 0.887. The Bertz CT molecular complexity index is 272. The zero-order valence-corrected chi connectivity index (χ0v) is 12.7. The van der Waals surface area contributed by atoms with E-state index in [2.05, 4.69) is 29.1 Å². The van der Waals surface area contributed by atoms with Crippen LogP contribution in [0.5, 0.6) is 0 Å². The maximum absolute atomic E-state index is 4.07. The number of rotatable bonds is 12. The largest absolute Gasteiger partial charge is 0.284 e. The predicted molar refractivity (Wildman–Crippen MR) is 79.9 cm³/mol. The third kappa shape index (κ3) is 7.98. The van der Waals surface area contributed by atoms with Crippen molar-refractivity contribution in [1.82, 2.24) is 19.9 Å². The quantitative estimate of drug-likeness (QED) is 0.541. The first-order valence-corrected chi connectivity index (χ1v) is 7.93. The van der Waals surface area contributed by atoms with Crippen LogP contribution in [0.1, 0.15) is 65.2 Å². The van der Waals surface area contributed by atoms with Crippen molar-refractivity contribution in [2.75, 3.05) is 13.1 Å². The van der Waals surface area contributed by atoms with E-state index in [0.29, 0.717) is 0 Å². The van der Waals surface area contributed by atoms with Gasteiger partial charge in [0.05, 0.1) is 12.9 Å². The number of unbranched alkanes of at least 4 members (excludes halogenated alkanes) is 6. The molecule has 0 aliphatic rings. The minimum absolute atomic E-state index is 0.887. The van der Waals surface area contributed by atoms with Crippen molar-refractivity contribution in [3.63, 3.8) is 0 Å². The van der Waals surface area contributed by atoms with E-state index in [1.807, 2.05) is 10.9 Å². The number of hydrogen-bond donors (Lipinski definition) is 0. The molecular formula is C15H30N4. The third-order valence-electron chi connectivity index (χ3n) is 3.47. The van der Waals surface area contributed by atoms with Gasteiger partial charge in [0.15, 0.2) is 0 Å². The van der Waals surface area contributed by atoms with Crippen LogP contribution in [-0.4, -0.2) is 33.0 Å². The molecule has 0 radical (unpaired) electrons. The van der Waals surface area contributed by atoms with Gasteiger partial charge in [0, 0.05) is 6.20 Å². The summed E-state index contributed by atoms with van der Waals surface area (Å²) in [5, 5.41) is 7.95. The summed E-state index contributed by atoms with van der Waals surface area (Å²) in [5.74, 6) is 0. The molecule has 110 valence electrons. The minimum Gasteiger partial charge on any atom is -0.284 e. The highest BCUT2D eigenvalue weighted by Crippen LogP contribution is 2.06. The van der Waals surface area contributed by atoms with Crippen LogP contribution in [0.15, 0.2) is 12.4 Å². The van der Waals surface area contributed by atoms with Crippen LogP contribution in [0, 0.1) is 0 Å². The summed E-state index contributed by atoms with van der Waals surface area (Å²) in [7, 11) is 0. The average molecular weight is 266 g/mol. The lowest BCUT2D eigenvalue weighted by Gasteiger charge is -2.21. The molecule has 1 aromatic heterocycles. The third-order valence-corrected chi connectivity index (χ3v) is 3.47. The van der Waals surface area contributed by atoms with Crippen molar-refractivity contribution in [1.29, 1.82) is 0 Å². The molecular weight excluding hydrogens is 236 g/mol. The highest BCUT2D eigenvalue weighted by atomic mass is 15.5. The van der Waals surface area contributed by atoms with Crippen molar-refractivity contribution in [2.24, 2.45) is 0 Å². The second-order valence-electron chi connectivity index (χ2n) is 5.32. The van der Waals surface area contributed by atoms with Crippen LogP contribution in [0.2, 0.25) is 0 Å². The van der Waals surface area contributed by atoms with Crippen molar-refractivity contribution < 1.29 is 0 Å². The summed E-state index contributed by atoms with van der Waals surface area (Å²) >= 11 is 0. The van der Waals surface area contributed by atoms with Crippen LogP contribution in [-0.2, 0) is 6.67 Å². The Labute approximate surface area is 118 Å². The molecule has 0 spiro atoms. The Kier molecular flexibility index (Phi) is 9.33. The summed E-state index contributed by atoms with van der Waals surface area (Å²) in [5.41, 5.74) is 0.